The van der Waals surface area contributed by atoms with Crippen molar-refractivity contribution in [3.05, 3.63) is 16.1 Å². The van der Waals surface area contributed by atoms with Gasteiger partial charge in [-0.2, -0.15) is 0 Å². The van der Waals surface area contributed by atoms with Gasteiger partial charge in [-0.15, -0.1) is 11.3 Å². The topological polar surface area (TPSA) is 54.4 Å². The molecule has 1 aromatic heterocycles. The summed E-state index contributed by atoms with van der Waals surface area (Å²) in [5.74, 6) is 0. The van der Waals surface area contributed by atoms with E-state index in [1.165, 1.54) is 11.3 Å². The summed E-state index contributed by atoms with van der Waals surface area (Å²) < 4.78 is 5.26. The molecule has 2 atom stereocenters. The summed E-state index contributed by atoms with van der Waals surface area (Å²) >= 11 is 1.50. The van der Waals surface area contributed by atoms with Crippen molar-refractivity contribution in [1.82, 2.24) is 10.3 Å². The van der Waals surface area contributed by atoms with E-state index < -0.39 is 0 Å². The minimum absolute atomic E-state index is 0.0328. The zero-order chi connectivity index (χ0) is 9.97. The molecule has 2 unspecified atom stereocenters. The van der Waals surface area contributed by atoms with Crippen LogP contribution in [0.2, 0.25) is 0 Å². The van der Waals surface area contributed by atoms with E-state index in [4.69, 9.17) is 9.84 Å². The van der Waals surface area contributed by atoms with Crippen LogP contribution in [-0.2, 0) is 11.3 Å². The Hall–Kier alpha value is -0.490. The molecule has 0 aliphatic carbocycles. The molecular weight excluding hydrogens is 200 g/mol. The lowest BCUT2D eigenvalue weighted by molar-refractivity contribution is 0.117. The molecule has 2 heterocycles. The van der Waals surface area contributed by atoms with Crippen LogP contribution in [0.5, 0.6) is 0 Å². The average molecular weight is 214 g/mol. The van der Waals surface area contributed by atoms with E-state index in [1.807, 2.05) is 5.38 Å². The van der Waals surface area contributed by atoms with Gasteiger partial charge in [0.1, 0.15) is 5.01 Å². The first-order chi connectivity index (χ1) is 6.83. The molecule has 1 saturated heterocycles. The van der Waals surface area contributed by atoms with Gasteiger partial charge in [0.15, 0.2) is 0 Å². The molecule has 78 valence electrons. The van der Waals surface area contributed by atoms with E-state index in [2.05, 4.69) is 10.3 Å². The van der Waals surface area contributed by atoms with Crippen LogP contribution in [0.4, 0.5) is 0 Å². The molecule has 0 aromatic carbocycles. The van der Waals surface area contributed by atoms with Crippen LogP contribution in [0.25, 0.3) is 0 Å². The van der Waals surface area contributed by atoms with Crippen molar-refractivity contribution in [2.24, 2.45) is 0 Å². The van der Waals surface area contributed by atoms with Gasteiger partial charge in [0, 0.05) is 19.0 Å². The van der Waals surface area contributed by atoms with E-state index in [9.17, 15) is 0 Å². The number of nitrogens with zero attached hydrogens (tertiary/aromatic N) is 1. The number of aliphatic hydroxyl groups excluding tert-OH is 1. The third-order valence-electron chi connectivity index (χ3n) is 2.49. The molecule has 0 bridgehead atoms. The second-order valence-electron chi connectivity index (χ2n) is 3.38. The number of methoxy groups -OCH3 is 1. The maximum absolute atomic E-state index is 8.89. The Morgan fingerprint density at radius 1 is 1.79 bits per heavy atom. The second kappa shape index (κ2) is 4.35. The largest absolute Gasteiger partial charge is 0.389 e. The number of thiazole rings is 1. The normalized spacial score (nSPS) is 27.0. The van der Waals surface area contributed by atoms with Gasteiger partial charge in [-0.3, -0.25) is 0 Å². The van der Waals surface area contributed by atoms with Crippen LogP contribution >= 0.6 is 11.3 Å². The van der Waals surface area contributed by atoms with Crippen molar-refractivity contribution in [1.29, 1.82) is 0 Å². The molecule has 1 aliphatic heterocycles. The summed E-state index contributed by atoms with van der Waals surface area (Å²) in [6.45, 7) is 0.915. The monoisotopic (exact) mass is 214 g/mol. The highest BCUT2D eigenvalue weighted by Crippen LogP contribution is 2.25. The van der Waals surface area contributed by atoms with Crippen molar-refractivity contribution < 1.29 is 9.84 Å². The number of nitrogens with one attached hydrogen (secondary N) is 1. The van der Waals surface area contributed by atoms with Crippen LogP contribution in [0.1, 0.15) is 23.2 Å². The van der Waals surface area contributed by atoms with E-state index in [-0.39, 0.29) is 12.6 Å². The highest BCUT2D eigenvalue weighted by molar-refractivity contribution is 7.09. The minimum Gasteiger partial charge on any atom is -0.389 e. The molecule has 0 radical (unpaired) electrons. The third kappa shape index (κ3) is 1.95. The third-order valence-corrected chi connectivity index (χ3v) is 3.34. The van der Waals surface area contributed by atoms with Crippen LogP contribution < -0.4 is 5.32 Å². The highest BCUT2D eigenvalue weighted by atomic mass is 32.1. The van der Waals surface area contributed by atoms with Gasteiger partial charge in [-0.05, 0) is 6.42 Å². The first kappa shape index (κ1) is 10.0. The number of hydrogen-bond donors (Lipinski definition) is 2. The van der Waals surface area contributed by atoms with Crippen LogP contribution in [0.3, 0.4) is 0 Å². The van der Waals surface area contributed by atoms with Crippen molar-refractivity contribution in [2.75, 3.05) is 13.7 Å². The first-order valence-electron chi connectivity index (χ1n) is 4.65. The molecule has 2 N–H and O–H groups in total. The molecule has 5 heteroatoms. The predicted molar refractivity (Wildman–Crippen MR) is 54.2 cm³/mol. The Balaban J connectivity index is 2.02. The maximum Gasteiger partial charge on any atom is 0.118 e. The fraction of sp³-hybridized carbons (Fsp3) is 0.667. The average Bonchev–Trinajstić information content (AvgIpc) is 2.86. The van der Waals surface area contributed by atoms with Crippen molar-refractivity contribution >= 4 is 11.3 Å². The number of aromatic nitrogens is 1. The lowest BCUT2D eigenvalue weighted by Gasteiger charge is -2.06. The Morgan fingerprint density at radius 3 is 3.21 bits per heavy atom. The SMILES string of the molecule is COC1CNC(c2csc(CO)n2)C1. The number of hydrogen-bond acceptors (Lipinski definition) is 5. The molecular formula is C9H14N2O2S. The molecule has 1 aromatic rings. The lowest BCUT2D eigenvalue weighted by Crippen LogP contribution is -2.16. The summed E-state index contributed by atoms with van der Waals surface area (Å²) in [6, 6.07) is 0.288. The standard InChI is InChI=1S/C9H14N2O2S/c1-13-6-2-7(10-3-6)8-5-14-9(4-12)11-8/h5-7,10,12H,2-4H2,1H3. The zero-order valence-corrected chi connectivity index (χ0v) is 8.88. The highest BCUT2D eigenvalue weighted by Gasteiger charge is 2.26. The smallest absolute Gasteiger partial charge is 0.118 e. The first-order valence-corrected chi connectivity index (χ1v) is 5.52. The second-order valence-corrected chi connectivity index (χ2v) is 4.32. The van der Waals surface area contributed by atoms with E-state index in [1.54, 1.807) is 7.11 Å². The fourth-order valence-electron chi connectivity index (χ4n) is 1.67. The van der Waals surface area contributed by atoms with Gasteiger partial charge in [0.25, 0.3) is 0 Å². The Bertz CT molecular complexity index is 303. The summed E-state index contributed by atoms with van der Waals surface area (Å²) in [4.78, 5) is 4.33. The van der Waals surface area contributed by atoms with Crippen LogP contribution in [0.15, 0.2) is 5.38 Å². The molecule has 0 amide bonds. The molecule has 1 fully saturated rings. The molecule has 0 spiro atoms. The predicted octanol–water partition coefficient (Wildman–Crippen LogP) is 0.685. The Morgan fingerprint density at radius 2 is 2.64 bits per heavy atom. The van der Waals surface area contributed by atoms with Crippen LogP contribution in [0, 0.1) is 0 Å². The van der Waals surface area contributed by atoms with Crippen molar-refractivity contribution in [3.8, 4) is 0 Å². The summed E-state index contributed by atoms with van der Waals surface area (Å²) in [5.41, 5.74) is 1.03. The zero-order valence-electron chi connectivity index (χ0n) is 8.06. The maximum atomic E-state index is 8.89. The van der Waals surface area contributed by atoms with Gasteiger partial charge in [0.2, 0.25) is 0 Å². The molecule has 0 saturated carbocycles. The fourth-order valence-corrected chi connectivity index (χ4v) is 2.37. The minimum atomic E-state index is 0.0328. The Kier molecular flexibility index (Phi) is 3.12. The van der Waals surface area contributed by atoms with E-state index in [0.717, 1.165) is 23.7 Å². The van der Waals surface area contributed by atoms with Gasteiger partial charge in [-0.25, -0.2) is 4.98 Å². The van der Waals surface area contributed by atoms with Gasteiger partial charge < -0.3 is 15.2 Å². The number of rotatable bonds is 3. The van der Waals surface area contributed by atoms with Gasteiger partial charge >= 0.3 is 0 Å². The molecule has 4 nitrogen and oxygen atoms in total. The summed E-state index contributed by atoms with van der Waals surface area (Å²) in [7, 11) is 1.73. The van der Waals surface area contributed by atoms with Gasteiger partial charge in [0.05, 0.1) is 24.4 Å². The number of ether oxygens (including phenoxy) is 1. The molecule has 2 rings (SSSR count). The Labute approximate surface area is 86.9 Å². The quantitative estimate of drug-likeness (QED) is 0.777. The number of aliphatic hydroxyl groups is 1. The van der Waals surface area contributed by atoms with Crippen molar-refractivity contribution in [2.45, 2.75) is 25.2 Å². The van der Waals surface area contributed by atoms with Crippen LogP contribution in [-0.4, -0.2) is 29.8 Å². The molecule has 14 heavy (non-hydrogen) atoms. The van der Waals surface area contributed by atoms with Gasteiger partial charge in [-0.1, -0.05) is 0 Å². The van der Waals surface area contributed by atoms with E-state index >= 15 is 0 Å². The van der Waals surface area contributed by atoms with Crippen molar-refractivity contribution in [3.63, 3.8) is 0 Å². The summed E-state index contributed by atoms with van der Waals surface area (Å²) in [6.07, 6.45) is 1.25. The molecule has 1 aliphatic rings. The lowest BCUT2D eigenvalue weighted by atomic mass is 10.1. The summed E-state index contributed by atoms with van der Waals surface area (Å²) in [5, 5.41) is 15.0. The van der Waals surface area contributed by atoms with E-state index in [0.29, 0.717) is 6.10 Å².